The van der Waals surface area contributed by atoms with Crippen molar-refractivity contribution in [1.82, 2.24) is 0 Å². The Bertz CT molecular complexity index is 1530. The van der Waals surface area contributed by atoms with E-state index in [4.69, 9.17) is 9.73 Å². The van der Waals surface area contributed by atoms with Crippen molar-refractivity contribution in [1.29, 1.82) is 0 Å². The van der Waals surface area contributed by atoms with Gasteiger partial charge < -0.3 is 14.9 Å². The first-order valence-electron chi connectivity index (χ1n) is 12.0. The van der Waals surface area contributed by atoms with E-state index in [1.807, 2.05) is 91.9 Å². The van der Waals surface area contributed by atoms with E-state index in [2.05, 4.69) is 0 Å². The zero-order valence-electron chi connectivity index (χ0n) is 20.0. The number of ether oxygens (including phenoxy) is 1. The van der Waals surface area contributed by atoms with Crippen molar-refractivity contribution in [3.05, 3.63) is 125 Å². The summed E-state index contributed by atoms with van der Waals surface area (Å²) in [4.78, 5) is 18.1. The standard InChI is InChI=1S/C31H25NO4/c1-19(33)27-28(34)25-17-21-11-9-10-12-22(21)18-26(25)31(35)29(27)32-30(20(2)36-31,23-13-5-3-6-14-23)24-15-7-4-8-16-24/h3-18,20,34-35H,1-2H3. The highest BCUT2D eigenvalue weighted by Gasteiger charge is 2.56. The van der Waals surface area contributed by atoms with Crippen LogP contribution in [0.3, 0.4) is 0 Å². The molecule has 2 aliphatic rings. The van der Waals surface area contributed by atoms with Gasteiger partial charge in [-0.2, -0.15) is 0 Å². The van der Waals surface area contributed by atoms with Crippen molar-refractivity contribution in [2.45, 2.75) is 31.3 Å². The van der Waals surface area contributed by atoms with Crippen LogP contribution in [0.5, 0.6) is 0 Å². The number of ketones is 1. The van der Waals surface area contributed by atoms with Crippen LogP contribution in [0.4, 0.5) is 0 Å². The third-order valence-electron chi connectivity index (χ3n) is 7.30. The van der Waals surface area contributed by atoms with Crippen LogP contribution in [0.25, 0.3) is 16.5 Å². The summed E-state index contributed by atoms with van der Waals surface area (Å²) in [5.41, 5.74) is 1.35. The lowest BCUT2D eigenvalue weighted by Crippen LogP contribution is -2.56. The number of Topliss-reactive ketones (excluding diaryl/α,β-unsaturated/α-hetero) is 1. The van der Waals surface area contributed by atoms with Crippen LogP contribution in [0.1, 0.15) is 36.1 Å². The molecule has 1 aliphatic carbocycles. The number of aliphatic hydroxyl groups is 2. The van der Waals surface area contributed by atoms with E-state index in [0.29, 0.717) is 11.1 Å². The summed E-state index contributed by atoms with van der Waals surface area (Å²) in [5, 5.41) is 25.3. The second-order valence-electron chi connectivity index (χ2n) is 9.39. The number of carbonyl (C=O) groups is 1. The van der Waals surface area contributed by atoms with Crippen molar-refractivity contribution in [2.75, 3.05) is 0 Å². The van der Waals surface area contributed by atoms with Crippen LogP contribution in [0.15, 0.2) is 108 Å². The smallest absolute Gasteiger partial charge is 0.238 e. The van der Waals surface area contributed by atoms with E-state index < -0.39 is 23.2 Å². The van der Waals surface area contributed by atoms with E-state index in [-0.39, 0.29) is 17.0 Å². The molecule has 2 atom stereocenters. The fourth-order valence-corrected chi connectivity index (χ4v) is 5.60. The van der Waals surface area contributed by atoms with Crippen LogP contribution in [0, 0.1) is 0 Å². The maximum Gasteiger partial charge on any atom is 0.238 e. The van der Waals surface area contributed by atoms with E-state index in [0.717, 1.165) is 21.9 Å². The van der Waals surface area contributed by atoms with Gasteiger partial charge in [-0.1, -0.05) is 84.9 Å². The van der Waals surface area contributed by atoms with Crippen LogP contribution >= 0.6 is 0 Å². The monoisotopic (exact) mass is 475 g/mol. The number of fused-ring (bicyclic) bond motifs is 4. The van der Waals surface area contributed by atoms with Crippen molar-refractivity contribution >= 4 is 28.0 Å². The number of nitrogens with zero attached hydrogens (tertiary/aromatic N) is 1. The largest absolute Gasteiger partial charge is 0.506 e. The molecule has 0 radical (unpaired) electrons. The molecule has 4 aromatic rings. The summed E-state index contributed by atoms with van der Waals surface area (Å²) >= 11 is 0. The van der Waals surface area contributed by atoms with Crippen LogP contribution in [-0.2, 0) is 20.9 Å². The molecule has 0 fully saturated rings. The van der Waals surface area contributed by atoms with Crippen molar-refractivity contribution in [3.63, 3.8) is 0 Å². The lowest BCUT2D eigenvalue weighted by atomic mass is 9.74. The van der Waals surface area contributed by atoms with Crippen molar-refractivity contribution < 1.29 is 19.7 Å². The number of benzene rings is 4. The molecule has 0 amide bonds. The molecule has 5 heteroatoms. The lowest BCUT2D eigenvalue weighted by Gasteiger charge is -2.48. The van der Waals surface area contributed by atoms with Gasteiger partial charge in [0.2, 0.25) is 5.79 Å². The number of aliphatic hydroxyl groups excluding tert-OH is 1. The predicted octanol–water partition coefficient (Wildman–Crippen LogP) is 5.66. The summed E-state index contributed by atoms with van der Waals surface area (Å²) in [6.45, 7) is 3.25. The van der Waals surface area contributed by atoms with Crippen LogP contribution in [0.2, 0.25) is 0 Å². The molecular weight excluding hydrogens is 450 g/mol. The summed E-state index contributed by atoms with van der Waals surface area (Å²) in [5.74, 6) is -2.63. The van der Waals surface area contributed by atoms with Gasteiger partial charge in [-0.15, -0.1) is 0 Å². The molecular formula is C31H25NO4. The van der Waals surface area contributed by atoms with Gasteiger partial charge in [0.25, 0.3) is 0 Å². The maximum absolute atomic E-state index is 13.0. The Labute approximate surface area is 209 Å². The van der Waals surface area contributed by atoms with Crippen LogP contribution < -0.4 is 0 Å². The minimum absolute atomic E-state index is 0.0149. The molecule has 1 heterocycles. The number of rotatable bonds is 3. The molecule has 1 aliphatic heterocycles. The van der Waals surface area contributed by atoms with E-state index >= 15 is 0 Å². The molecule has 0 bridgehead atoms. The Morgan fingerprint density at radius 2 is 1.39 bits per heavy atom. The average molecular weight is 476 g/mol. The summed E-state index contributed by atoms with van der Waals surface area (Å²) in [6.07, 6.45) is -0.621. The minimum Gasteiger partial charge on any atom is -0.506 e. The molecule has 6 rings (SSSR count). The Hall–Kier alpha value is -4.06. The van der Waals surface area contributed by atoms with Gasteiger partial charge in [-0.3, -0.25) is 9.79 Å². The summed E-state index contributed by atoms with van der Waals surface area (Å²) in [6, 6.07) is 30.6. The summed E-state index contributed by atoms with van der Waals surface area (Å²) < 4.78 is 6.53. The number of carbonyl (C=O) groups excluding carboxylic acids is 1. The second kappa shape index (κ2) is 7.98. The zero-order valence-corrected chi connectivity index (χ0v) is 20.0. The van der Waals surface area contributed by atoms with Crippen molar-refractivity contribution in [2.24, 2.45) is 4.99 Å². The van der Waals surface area contributed by atoms with Crippen molar-refractivity contribution in [3.8, 4) is 0 Å². The molecule has 4 aromatic carbocycles. The molecule has 0 aromatic heterocycles. The quantitative estimate of drug-likeness (QED) is 0.401. The number of hydrogen-bond donors (Lipinski definition) is 2. The normalized spacial score (nSPS) is 22.5. The summed E-state index contributed by atoms with van der Waals surface area (Å²) in [7, 11) is 0. The van der Waals surface area contributed by atoms with Gasteiger partial charge in [0.05, 0.1) is 11.7 Å². The fraction of sp³-hybridized carbons (Fsp3) is 0.161. The fourth-order valence-electron chi connectivity index (χ4n) is 5.60. The predicted molar refractivity (Wildman–Crippen MR) is 140 cm³/mol. The van der Waals surface area contributed by atoms with E-state index in [1.165, 1.54) is 6.92 Å². The topological polar surface area (TPSA) is 79.1 Å². The Balaban J connectivity index is 1.72. The van der Waals surface area contributed by atoms with E-state index in [9.17, 15) is 15.0 Å². The molecule has 0 saturated carbocycles. The first-order valence-corrected chi connectivity index (χ1v) is 12.0. The molecule has 2 unspecified atom stereocenters. The number of hydrogen-bond acceptors (Lipinski definition) is 5. The highest BCUT2D eigenvalue weighted by molar-refractivity contribution is 6.30. The molecule has 0 saturated heterocycles. The highest BCUT2D eigenvalue weighted by atomic mass is 16.6. The molecule has 2 N–H and O–H groups in total. The minimum atomic E-state index is -2.01. The number of aliphatic imine (C=N–C) groups is 1. The Morgan fingerprint density at radius 1 is 0.861 bits per heavy atom. The zero-order chi connectivity index (χ0) is 25.1. The molecule has 5 nitrogen and oxygen atoms in total. The highest BCUT2D eigenvalue weighted by Crippen LogP contribution is 2.51. The van der Waals surface area contributed by atoms with Gasteiger partial charge in [0.1, 0.15) is 17.0 Å². The van der Waals surface area contributed by atoms with Gasteiger partial charge in [0.15, 0.2) is 5.78 Å². The molecule has 0 spiro atoms. The van der Waals surface area contributed by atoms with Gasteiger partial charge in [-0.25, -0.2) is 0 Å². The second-order valence-corrected chi connectivity index (χ2v) is 9.39. The first-order chi connectivity index (χ1) is 17.4. The average Bonchev–Trinajstić information content (AvgIpc) is 2.89. The molecule has 178 valence electrons. The van der Waals surface area contributed by atoms with Gasteiger partial charge in [0, 0.05) is 11.1 Å². The SMILES string of the molecule is CC(=O)C1=C(O)c2cc3ccccc3cc2C2(O)OC(C)C(c3ccccc3)(c3ccccc3)N=C12. The lowest BCUT2D eigenvalue weighted by molar-refractivity contribution is -0.207. The van der Waals surface area contributed by atoms with Gasteiger partial charge >= 0.3 is 0 Å². The maximum atomic E-state index is 13.0. The van der Waals surface area contributed by atoms with E-state index in [1.54, 1.807) is 12.1 Å². The third kappa shape index (κ3) is 3.03. The van der Waals surface area contributed by atoms with Crippen LogP contribution in [-0.4, -0.2) is 27.8 Å². The first kappa shape index (κ1) is 22.4. The molecule has 36 heavy (non-hydrogen) atoms. The Morgan fingerprint density at radius 3 is 1.94 bits per heavy atom. The van der Waals surface area contributed by atoms with Gasteiger partial charge in [-0.05, 0) is 47.9 Å². The third-order valence-corrected chi connectivity index (χ3v) is 7.30. The Kier molecular flexibility index (Phi) is 4.97.